The fraction of sp³-hybridized carbons (Fsp3) is 0. The second kappa shape index (κ2) is 15.0. The van der Waals surface area contributed by atoms with Gasteiger partial charge in [-0.25, -0.2) is 0 Å². The Morgan fingerprint density at radius 2 is 0.892 bits per heavy atom. The highest BCUT2D eigenvalue weighted by atomic mass is 16.3. The summed E-state index contributed by atoms with van der Waals surface area (Å²) in [6.07, 6.45) is 0. The molecule has 0 radical (unpaired) electrons. The van der Waals surface area contributed by atoms with Crippen molar-refractivity contribution >= 4 is 82.4 Å². The largest absolute Gasteiger partial charge is 0.455 e. The fourth-order valence-electron chi connectivity index (χ4n) is 10.2. The first-order valence-corrected chi connectivity index (χ1v) is 22.2. The van der Waals surface area contributed by atoms with E-state index in [-0.39, 0.29) is 0 Å². The molecule has 3 nitrogen and oxygen atoms in total. The second-order valence-electron chi connectivity index (χ2n) is 16.8. The zero-order chi connectivity index (χ0) is 42.8. The second-order valence-corrected chi connectivity index (χ2v) is 16.8. The summed E-state index contributed by atoms with van der Waals surface area (Å²) < 4.78 is 9.01. The van der Waals surface area contributed by atoms with Gasteiger partial charge < -0.3 is 13.9 Å². The maximum absolute atomic E-state index is 6.59. The number of hydrogen-bond acceptors (Lipinski definition) is 2. The van der Waals surface area contributed by atoms with Crippen LogP contribution < -0.4 is 4.90 Å². The standard InChI is InChI=1S/C62H40N2O/c1-3-20-48-42(15-1)17-14-25-49(48)45-19-13-18-44(39-45)41-31-35-47(36-32-41)63(59-29-11-12-30-60(59)64-57-27-9-6-23-52(57)53-24-7-10-28-58(53)64)56-26-8-5-21-50(56)46-34-38-61-55(40-46)54-37-33-43-16-2-4-22-51(43)62(54)65-61/h1-40H. The summed E-state index contributed by atoms with van der Waals surface area (Å²) in [6, 6.07) is 87.8. The molecule has 0 bridgehead atoms. The van der Waals surface area contributed by atoms with E-state index >= 15 is 0 Å². The van der Waals surface area contributed by atoms with E-state index < -0.39 is 0 Å². The predicted octanol–water partition coefficient (Wildman–Crippen LogP) is 17.5. The summed E-state index contributed by atoms with van der Waals surface area (Å²) in [5.74, 6) is 0. The van der Waals surface area contributed by atoms with Crippen LogP contribution in [-0.4, -0.2) is 4.57 Å². The average Bonchev–Trinajstić information content (AvgIpc) is 3.93. The highest BCUT2D eigenvalue weighted by Crippen LogP contribution is 2.46. The highest BCUT2D eigenvalue weighted by Gasteiger charge is 2.23. The number of hydrogen-bond donors (Lipinski definition) is 0. The van der Waals surface area contributed by atoms with Crippen LogP contribution in [-0.2, 0) is 0 Å². The zero-order valence-corrected chi connectivity index (χ0v) is 35.4. The Morgan fingerprint density at radius 1 is 0.323 bits per heavy atom. The molecular weight excluding hydrogens is 789 g/mol. The van der Waals surface area contributed by atoms with Crippen LogP contribution in [0.25, 0.3) is 104 Å². The molecule has 0 aliphatic heterocycles. The van der Waals surface area contributed by atoms with Crippen molar-refractivity contribution in [2.24, 2.45) is 0 Å². The van der Waals surface area contributed by atoms with E-state index in [4.69, 9.17) is 4.42 Å². The van der Waals surface area contributed by atoms with Crippen molar-refractivity contribution in [3.05, 3.63) is 243 Å². The van der Waals surface area contributed by atoms with Gasteiger partial charge in [-0.3, -0.25) is 0 Å². The van der Waals surface area contributed by atoms with Crippen molar-refractivity contribution < 1.29 is 4.42 Å². The van der Waals surface area contributed by atoms with Gasteiger partial charge in [-0.05, 0) is 111 Å². The molecule has 0 aliphatic rings. The normalized spacial score (nSPS) is 11.7. The van der Waals surface area contributed by atoms with Gasteiger partial charge in [0, 0.05) is 38.2 Å². The summed E-state index contributed by atoms with van der Waals surface area (Å²) in [6.45, 7) is 0. The molecule has 0 aliphatic carbocycles. The topological polar surface area (TPSA) is 21.3 Å². The maximum Gasteiger partial charge on any atom is 0.143 e. The van der Waals surface area contributed by atoms with E-state index in [2.05, 4.69) is 252 Å². The molecular formula is C62H40N2O. The van der Waals surface area contributed by atoms with Gasteiger partial charge in [0.1, 0.15) is 11.2 Å². The first-order chi connectivity index (χ1) is 32.2. The molecule has 0 fully saturated rings. The monoisotopic (exact) mass is 828 g/mol. The van der Waals surface area contributed by atoms with Crippen molar-refractivity contribution in [3.8, 4) is 39.1 Å². The predicted molar refractivity (Wildman–Crippen MR) is 274 cm³/mol. The van der Waals surface area contributed by atoms with Gasteiger partial charge in [0.15, 0.2) is 0 Å². The number of fused-ring (bicyclic) bond motifs is 9. The number of para-hydroxylation sites is 5. The number of anilines is 3. The molecule has 2 heterocycles. The van der Waals surface area contributed by atoms with Crippen LogP contribution >= 0.6 is 0 Å². The molecule has 65 heavy (non-hydrogen) atoms. The lowest BCUT2D eigenvalue weighted by molar-refractivity contribution is 0.672. The Labute approximate surface area is 376 Å². The van der Waals surface area contributed by atoms with Gasteiger partial charge in [-0.1, -0.05) is 176 Å². The summed E-state index contributed by atoms with van der Waals surface area (Å²) in [5, 5.41) is 9.48. The summed E-state index contributed by atoms with van der Waals surface area (Å²) in [4.78, 5) is 2.44. The average molecular weight is 829 g/mol. The van der Waals surface area contributed by atoms with Crippen LogP contribution in [0.15, 0.2) is 247 Å². The van der Waals surface area contributed by atoms with Crippen LogP contribution in [0.3, 0.4) is 0 Å². The fourth-order valence-corrected chi connectivity index (χ4v) is 10.2. The van der Waals surface area contributed by atoms with E-state index in [9.17, 15) is 0 Å². The van der Waals surface area contributed by atoms with Crippen LogP contribution in [0.2, 0.25) is 0 Å². The number of furan rings is 1. The van der Waals surface area contributed by atoms with E-state index in [1.165, 1.54) is 54.7 Å². The van der Waals surface area contributed by atoms with E-state index in [1.54, 1.807) is 0 Å². The molecule has 13 aromatic rings. The third-order valence-electron chi connectivity index (χ3n) is 13.2. The van der Waals surface area contributed by atoms with E-state index in [0.29, 0.717) is 0 Å². The number of benzene rings is 11. The zero-order valence-electron chi connectivity index (χ0n) is 35.4. The molecule has 0 N–H and O–H groups in total. The smallest absolute Gasteiger partial charge is 0.143 e. The van der Waals surface area contributed by atoms with Crippen LogP contribution in [0.1, 0.15) is 0 Å². The quantitative estimate of drug-likeness (QED) is 0.160. The highest BCUT2D eigenvalue weighted by molar-refractivity contribution is 6.16. The molecule has 0 spiro atoms. The lowest BCUT2D eigenvalue weighted by Crippen LogP contribution is -2.14. The molecule has 0 unspecified atom stereocenters. The molecule has 304 valence electrons. The minimum absolute atomic E-state index is 0.881. The lowest BCUT2D eigenvalue weighted by Gasteiger charge is -2.30. The van der Waals surface area contributed by atoms with Crippen molar-refractivity contribution in [3.63, 3.8) is 0 Å². The summed E-state index contributed by atoms with van der Waals surface area (Å²) >= 11 is 0. The minimum Gasteiger partial charge on any atom is -0.455 e. The van der Waals surface area contributed by atoms with Gasteiger partial charge >= 0.3 is 0 Å². The Kier molecular flexibility index (Phi) is 8.53. The first-order valence-electron chi connectivity index (χ1n) is 22.2. The first kappa shape index (κ1) is 36.9. The van der Waals surface area contributed by atoms with Gasteiger partial charge in [0.25, 0.3) is 0 Å². The van der Waals surface area contributed by atoms with Gasteiger partial charge in [-0.2, -0.15) is 0 Å². The third-order valence-corrected chi connectivity index (χ3v) is 13.2. The van der Waals surface area contributed by atoms with E-state index in [0.717, 1.165) is 66.8 Å². The molecule has 3 heteroatoms. The molecule has 13 rings (SSSR count). The lowest BCUT2D eigenvalue weighted by atomic mass is 9.95. The molecule has 0 saturated carbocycles. The van der Waals surface area contributed by atoms with Crippen LogP contribution in [0, 0.1) is 0 Å². The Bertz CT molecular complexity index is 3910. The Morgan fingerprint density at radius 3 is 1.69 bits per heavy atom. The Hall–Kier alpha value is -8.66. The van der Waals surface area contributed by atoms with Crippen molar-refractivity contribution in [1.82, 2.24) is 4.57 Å². The maximum atomic E-state index is 6.59. The molecule has 0 atom stereocenters. The van der Waals surface area contributed by atoms with Crippen molar-refractivity contribution in [1.29, 1.82) is 0 Å². The number of nitrogens with zero attached hydrogens (tertiary/aromatic N) is 2. The van der Waals surface area contributed by atoms with Crippen molar-refractivity contribution in [2.45, 2.75) is 0 Å². The van der Waals surface area contributed by atoms with Gasteiger partial charge in [-0.15, -0.1) is 0 Å². The summed E-state index contributed by atoms with van der Waals surface area (Å²) in [7, 11) is 0. The van der Waals surface area contributed by atoms with Crippen molar-refractivity contribution in [2.75, 3.05) is 4.90 Å². The minimum atomic E-state index is 0.881. The van der Waals surface area contributed by atoms with Crippen LogP contribution in [0.4, 0.5) is 17.1 Å². The Balaban J connectivity index is 0.998. The molecule has 0 saturated heterocycles. The van der Waals surface area contributed by atoms with E-state index in [1.807, 2.05) is 0 Å². The molecule has 11 aromatic carbocycles. The summed E-state index contributed by atoms with van der Waals surface area (Å²) in [5.41, 5.74) is 15.4. The van der Waals surface area contributed by atoms with Gasteiger partial charge in [0.2, 0.25) is 0 Å². The molecule has 0 amide bonds. The molecule has 2 aromatic heterocycles. The number of aromatic nitrogens is 1. The van der Waals surface area contributed by atoms with Crippen LogP contribution in [0.5, 0.6) is 0 Å². The van der Waals surface area contributed by atoms with Gasteiger partial charge in [0.05, 0.1) is 28.1 Å². The SMILES string of the molecule is c1cc(-c2ccc(N(c3ccccc3-c3ccc4oc5c6ccccc6ccc5c4c3)c3ccccc3-n3c4ccccc4c4ccccc43)cc2)cc(-c2cccc3ccccc23)c1. The third kappa shape index (κ3) is 6.05. The number of rotatable bonds is 7.